The van der Waals surface area contributed by atoms with Crippen molar-refractivity contribution in [3.05, 3.63) is 10.5 Å². The van der Waals surface area contributed by atoms with Gasteiger partial charge in [-0.2, -0.15) is 5.10 Å². The molecule has 116 valence electrons. The van der Waals surface area contributed by atoms with Crippen LogP contribution in [0.25, 0.3) is 11.2 Å². The summed E-state index contributed by atoms with van der Waals surface area (Å²) in [4.78, 5) is 3.36. The maximum absolute atomic E-state index is 5.81. The van der Waals surface area contributed by atoms with Gasteiger partial charge in [0.15, 0.2) is 10.4 Å². The maximum Gasteiger partial charge on any atom is 0.179 e. The molecular weight excluding hydrogens is 284 g/mol. The molecule has 0 radical (unpaired) electrons. The van der Waals surface area contributed by atoms with Gasteiger partial charge in [-0.05, 0) is 31.5 Å². The van der Waals surface area contributed by atoms with Crippen LogP contribution in [-0.4, -0.2) is 32.0 Å². The Balaban J connectivity index is 1.98. The summed E-state index contributed by atoms with van der Waals surface area (Å²) in [5, 5.41) is 4.64. The van der Waals surface area contributed by atoms with Crippen LogP contribution in [0, 0.1) is 10.7 Å². The first-order chi connectivity index (χ1) is 10.2. The lowest BCUT2D eigenvalue weighted by atomic mass is 10.00. The lowest BCUT2D eigenvalue weighted by molar-refractivity contribution is 0.0836. The molecule has 1 aliphatic rings. The first kappa shape index (κ1) is 14.8. The van der Waals surface area contributed by atoms with Crippen molar-refractivity contribution < 1.29 is 4.74 Å². The molecule has 0 amide bonds. The van der Waals surface area contributed by atoms with Crippen LogP contribution in [-0.2, 0) is 24.8 Å². The number of imidazole rings is 1. The van der Waals surface area contributed by atoms with E-state index in [-0.39, 0.29) is 0 Å². The number of H-pyrrole nitrogens is 1. The van der Waals surface area contributed by atoms with Crippen LogP contribution in [0.2, 0.25) is 0 Å². The van der Waals surface area contributed by atoms with Crippen molar-refractivity contribution in [2.75, 3.05) is 6.61 Å². The van der Waals surface area contributed by atoms with Crippen molar-refractivity contribution >= 4 is 23.4 Å². The predicted molar refractivity (Wildman–Crippen MR) is 86.0 cm³/mol. The Bertz CT molecular complexity index is 684. The third-order valence-electron chi connectivity index (χ3n) is 4.47. The molecule has 21 heavy (non-hydrogen) atoms. The van der Waals surface area contributed by atoms with E-state index in [0.29, 0.717) is 12.0 Å². The fraction of sp³-hybridized carbons (Fsp3) is 0.733. The lowest BCUT2D eigenvalue weighted by Gasteiger charge is -2.17. The number of nitrogens with one attached hydrogen (secondary N) is 1. The average Bonchev–Trinajstić information content (AvgIpc) is 3.10. The number of fused-ring (bicyclic) bond motifs is 1. The first-order valence-electron chi connectivity index (χ1n) is 7.91. The quantitative estimate of drug-likeness (QED) is 0.863. The van der Waals surface area contributed by atoms with E-state index >= 15 is 0 Å². The zero-order valence-electron chi connectivity index (χ0n) is 13.1. The van der Waals surface area contributed by atoms with Gasteiger partial charge in [0.05, 0.1) is 11.8 Å². The molecule has 6 heteroatoms. The fourth-order valence-corrected chi connectivity index (χ4v) is 3.71. The highest BCUT2D eigenvalue weighted by Gasteiger charge is 2.28. The van der Waals surface area contributed by atoms with Gasteiger partial charge in [0.1, 0.15) is 5.52 Å². The SMILES string of the molecule is CCCc1nn(C)c2c1[nH]c(=S)n2CC1CCOC1CC. The molecule has 5 nitrogen and oxygen atoms in total. The summed E-state index contributed by atoms with van der Waals surface area (Å²) in [6, 6.07) is 0. The van der Waals surface area contributed by atoms with Gasteiger partial charge in [0.25, 0.3) is 0 Å². The smallest absolute Gasteiger partial charge is 0.179 e. The van der Waals surface area contributed by atoms with E-state index in [1.807, 2.05) is 11.7 Å². The first-order valence-corrected chi connectivity index (χ1v) is 8.32. The molecular formula is C15H24N4OS. The van der Waals surface area contributed by atoms with Gasteiger partial charge in [0, 0.05) is 26.1 Å². The average molecular weight is 308 g/mol. The number of nitrogens with zero attached hydrogens (tertiary/aromatic N) is 3. The Morgan fingerprint density at radius 3 is 2.95 bits per heavy atom. The van der Waals surface area contributed by atoms with Gasteiger partial charge in [0.2, 0.25) is 0 Å². The predicted octanol–water partition coefficient (Wildman–Crippen LogP) is 3.20. The van der Waals surface area contributed by atoms with Crippen molar-refractivity contribution in [3.8, 4) is 0 Å². The number of hydrogen-bond donors (Lipinski definition) is 1. The molecule has 1 fully saturated rings. The van der Waals surface area contributed by atoms with Gasteiger partial charge in [-0.25, -0.2) is 0 Å². The second kappa shape index (κ2) is 5.93. The minimum Gasteiger partial charge on any atom is -0.378 e. The number of aryl methyl sites for hydroxylation is 2. The topological polar surface area (TPSA) is 47.8 Å². The monoisotopic (exact) mass is 308 g/mol. The summed E-state index contributed by atoms with van der Waals surface area (Å²) >= 11 is 5.55. The molecule has 1 aliphatic heterocycles. The highest BCUT2D eigenvalue weighted by molar-refractivity contribution is 7.71. The third-order valence-corrected chi connectivity index (χ3v) is 4.80. The molecule has 0 bridgehead atoms. The summed E-state index contributed by atoms with van der Waals surface area (Å²) in [5.74, 6) is 0.547. The molecule has 2 unspecified atom stereocenters. The Morgan fingerprint density at radius 1 is 1.43 bits per heavy atom. The lowest BCUT2D eigenvalue weighted by Crippen LogP contribution is -2.20. The molecule has 3 heterocycles. The molecule has 0 aliphatic carbocycles. The Kier molecular flexibility index (Phi) is 4.17. The molecule has 0 saturated carbocycles. The van der Waals surface area contributed by atoms with E-state index in [1.165, 1.54) is 0 Å². The number of ether oxygens (including phenoxy) is 1. The van der Waals surface area contributed by atoms with Gasteiger partial charge in [-0.1, -0.05) is 20.3 Å². The van der Waals surface area contributed by atoms with Crippen LogP contribution in [0.3, 0.4) is 0 Å². The van der Waals surface area contributed by atoms with Crippen molar-refractivity contribution in [2.45, 2.75) is 52.2 Å². The van der Waals surface area contributed by atoms with Gasteiger partial charge >= 0.3 is 0 Å². The second-order valence-corrected chi connectivity index (χ2v) is 6.31. The number of aromatic nitrogens is 4. The van der Waals surface area contributed by atoms with Crippen LogP contribution in [0.15, 0.2) is 0 Å². The molecule has 2 atom stereocenters. The van der Waals surface area contributed by atoms with Crippen LogP contribution in [0.5, 0.6) is 0 Å². The molecule has 0 aromatic carbocycles. The maximum atomic E-state index is 5.81. The van der Waals surface area contributed by atoms with Crippen LogP contribution in [0.1, 0.15) is 38.8 Å². The summed E-state index contributed by atoms with van der Waals surface area (Å²) in [6.45, 7) is 6.16. The molecule has 1 saturated heterocycles. The second-order valence-electron chi connectivity index (χ2n) is 5.93. The largest absolute Gasteiger partial charge is 0.378 e. The number of hydrogen-bond acceptors (Lipinski definition) is 3. The number of aromatic amines is 1. The van der Waals surface area contributed by atoms with Gasteiger partial charge in [-0.15, -0.1) is 0 Å². The standard InChI is InChI=1S/C15H24N4OS/c1-4-6-11-13-14(18(3)17-11)19(15(21)16-13)9-10-7-8-20-12(10)5-2/h10,12H,4-9H2,1-3H3,(H,16,21). The normalized spacial score (nSPS) is 22.4. The Labute approximate surface area is 130 Å². The highest BCUT2D eigenvalue weighted by atomic mass is 32.1. The van der Waals surface area contributed by atoms with Crippen molar-refractivity contribution in [3.63, 3.8) is 0 Å². The summed E-state index contributed by atoms with van der Waals surface area (Å²) in [6.07, 6.45) is 4.62. The van der Waals surface area contributed by atoms with E-state index in [4.69, 9.17) is 17.0 Å². The number of rotatable bonds is 5. The van der Waals surface area contributed by atoms with E-state index in [1.54, 1.807) is 0 Å². The summed E-state index contributed by atoms with van der Waals surface area (Å²) in [5.41, 5.74) is 3.34. The minimum atomic E-state index is 0.361. The summed E-state index contributed by atoms with van der Waals surface area (Å²) < 4.78 is 10.8. The van der Waals surface area contributed by atoms with E-state index < -0.39 is 0 Å². The van der Waals surface area contributed by atoms with E-state index in [0.717, 1.165) is 60.5 Å². The van der Waals surface area contributed by atoms with Crippen molar-refractivity contribution in [1.29, 1.82) is 0 Å². The minimum absolute atomic E-state index is 0.361. The van der Waals surface area contributed by atoms with E-state index in [2.05, 4.69) is 28.5 Å². The van der Waals surface area contributed by atoms with Gasteiger partial charge < -0.3 is 14.3 Å². The van der Waals surface area contributed by atoms with Crippen molar-refractivity contribution in [2.24, 2.45) is 13.0 Å². The molecule has 3 rings (SSSR count). The van der Waals surface area contributed by atoms with Gasteiger partial charge in [-0.3, -0.25) is 4.68 Å². The molecule has 2 aromatic rings. The highest BCUT2D eigenvalue weighted by Crippen LogP contribution is 2.27. The van der Waals surface area contributed by atoms with Crippen LogP contribution in [0.4, 0.5) is 0 Å². The molecule has 0 spiro atoms. The van der Waals surface area contributed by atoms with Crippen LogP contribution < -0.4 is 0 Å². The van der Waals surface area contributed by atoms with E-state index in [9.17, 15) is 0 Å². The summed E-state index contributed by atoms with van der Waals surface area (Å²) in [7, 11) is 2.00. The Morgan fingerprint density at radius 2 is 2.24 bits per heavy atom. The molecule has 2 aromatic heterocycles. The fourth-order valence-electron chi connectivity index (χ4n) is 3.45. The Hall–Kier alpha value is -1.14. The zero-order chi connectivity index (χ0) is 15.0. The van der Waals surface area contributed by atoms with Crippen LogP contribution >= 0.6 is 12.2 Å². The zero-order valence-corrected chi connectivity index (χ0v) is 13.9. The van der Waals surface area contributed by atoms with Crippen molar-refractivity contribution in [1.82, 2.24) is 19.3 Å². The third kappa shape index (κ3) is 2.55. The molecule has 1 N–H and O–H groups in total.